The average Bonchev–Trinajstić information content (AvgIpc) is 3.11. The number of hydrogen-bond donors (Lipinski definition) is 2. The molecule has 0 spiro atoms. The monoisotopic (exact) mass is 406 g/mol. The van der Waals surface area contributed by atoms with Gasteiger partial charge in [0.2, 0.25) is 5.60 Å². The average molecular weight is 406 g/mol. The van der Waals surface area contributed by atoms with Crippen molar-refractivity contribution >= 4 is 17.5 Å². The van der Waals surface area contributed by atoms with Crippen molar-refractivity contribution < 1.29 is 27.6 Å². The van der Waals surface area contributed by atoms with E-state index in [9.17, 15) is 22.8 Å². The highest BCUT2D eigenvalue weighted by molar-refractivity contribution is 5.99. The molecular weight excluding hydrogens is 389 g/mol. The summed E-state index contributed by atoms with van der Waals surface area (Å²) in [6, 6.07) is 12.1. The SMILES string of the molecule is NC(=O)C1(Cc2ccccc2)CC(CNC(=O)c2cccc(C(F)(F)F)n2)=NO1. The highest BCUT2D eigenvalue weighted by atomic mass is 19.4. The number of rotatable bonds is 6. The van der Waals surface area contributed by atoms with E-state index in [1.54, 1.807) is 0 Å². The largest absolute Gasteiger partial charge is 0.433 e. The molecule has 0 bridgehead atoms. The lowest BCUT2D eigenvalue weighted by Crippen LogP contribution is -2.46. The third kappa shape index (κ3) is 4.71. The van der Waals surface area contributed by atoms with E-state index in [-0.39, 0.29) is 25.1 Å². The van der Waals surface area contributed by atoms with Gasteiger partial charge in [0, 0.05) is 12.8 Å². The fraction of sp³-hybridized carbons (Fsp3) is 0.263. The molecule has 1 atom stereocenters. The number of pyridine rings is 1. The molecule has 2 amide bonds. The smallest absolute Gasteiger partial charge is 0.378 e. The third-order valence-corrected chi connectivity index (χ3v) is 4.35. The van der Waals surface area contributed by atoms with Gasteiger partial charge in [0.05, 0.1) is 12.3 Å². The van der Waals surface area contributed by atoms with Gasteiger partial charge < -0.3 is 15.9 Å². The number of benzene rings is 1. The molecule has 1 aliphatic heterocycles. The van der Waals surface area contributed by atoms with E-state index in [4.69, 9.17) is 10.6 Å². The summed E-state index contributed by atoms with van der Waals surface area (Å²) in [5, 5.41) is 6.26. The second-order valence-electron chi connectivity index (χ2n) is 6.53. The molecule has 0 fully saturated rings. The van der Waals surface area contributed by atoms with Gasteiger partial charge in [-0.1, -0.05) is 41.6 Å². The Labute approximate surface area is 163 Å². The first kappa shape index (κ1) is 20.3. The molecule has 3 rings (SSSR count). The molecule has 1 aromatic carbocycles. The van der Waals surface area contributed by atoms with Gasteiger partial charge in [-0.3, -0.25) is 9.59 Å². The minimum absolute atomic E-state index is 0.0491. The Morgan fingerprint density at radius 2 is 1.86 bits per heavy atom. The molecule has 1 aromatic heterocycles. The standard InChI is InChI=1S/C19H17F3N4O3/c20-19(21,22)15-8-4-7-14(25-15)16(27)24-11-13-10-18(17(23)28,29-26-13)9-12-5-2-1-3-6-12/h1-8H,9-11H2,(H2,23,28)(H,24,27). The quantitative estimate of drug-likeness (QED) is 0.766. The lowest BCUT2D eigenvalue weighted by Gasteiger charge is -2.22. The van der Waals surface area contributed by atoms with Crippen molar-refractivity contribution in [3.63, 3.8) is 0 Å². The maximum atomic E-state index is 12.7. The third-order valence-electron chi connectivity index (χ3n) is 4.35. The molecule has 2 aromatic rings. The van der Waals surface area contributed by atoms with Crippen LogP contribution >= 0.6 is 0 Å². The second kappa shape index (κ2) is 7.90. The van der Waals surface area contributed by atoms with Crippen molar-refractivity contribution in [2.24, 2.45) is 10.9 Å². The zero-order chi connectivity index (χ0) is 21.1. The van der Waals surface area contributed by atoms with Crippen molar-refractivity contribution in [3.8, 4) is 0 Å². The number of halogens is 3. The zero-order valence-corrected chi connectivity index (χ0v) is 15.1. The number of nitrogens with two attached hydrogens (primary N) is 1. The minimum Gasteiger partial charge on any atom is -0.378 e. The van der Waals surface area contributed by atoms with Crippen LogP contribution in [0.25, 0.3) is 0 Å². The van der Waals surface area contributed by atoms with E-state index in [1.807, 2.05) is 30.3 Å². The maximum Gasteiger partial charge on any atom is 0.433 e. The number of carbonyl (C=O) groups excluding carboxylic acids is 2. The number of aromatic nitrogens is 1. The van der Waals surface area contributed by atoms with Gasteiger partial charge >= 0.3 is 6.18 Å². The summed E-state index contributed by atoms with van der Waals surface area (Å²) in [6.45, 7) is -0.124. The Bertz CT molecular complexity index is 947. The number of carbonyl (C=O) groups is 2. The predicted molar refractivity (Wildman–Crippen MR) is 96.8 cm³/mol. The van der Waals surface area contributed by atoms with Gasteiger partial charge in [-0.05, 0) is 17.7 Å². The summed E-state index contributed by atoms with van der Waals surface area (Å²) < 4.78 is 38.2. The fourth-order valence-corrected chi connectivity index (χ4v) is 2.87. The van der Waals surface area contributed by atoms with Crippen LogP contribution in [-0.4, -0.2) is 34.7 Å². The second-order valence-corrected chi connectivity index (χ2v) is 6.53. The number of nitrogens with zero attached hydrogens (tertiary/aromatic N) is 2. The number of hydrogen-bond acceptors (Lipinski definition) is 5. The molecule has 29 heavy (non-hydrogen) atoms. The van der Waals surface area contributed by atoms with Crippen molar-refractivity contribution in [2.45, 2.75) is 24.6 Å². The number of oxime groups is 1. The van der Waals surface area contributed by atoms with Crippen molar-refractivity contribution in [1.82, 2.24) is 10.3 Å². The molecule has 10 heteroatoms. The van der Waals surface area contributed by atoms with Crippen LogP contribution in [0.5, 0.6) is 0 Å². The molecule has 0 saturated heterocycles. The van der Waals surface area contributed by atoms with E-state index < -0.39 is 29.3 Å². The van der Waals surface area contributed by atoms with Crippen LogP contribution in [0.1, 0.15) is 28.2 Å². The molecule has 1 aliphatic rings. The lowest BCUT2D eigenvalue weighted by atomic mass is 9.89. The van der Waals surface area contributed by atoms with Gasteiger partial charge in [0.15, 0.2) is 0 Å². The molecule has 0 aliphatic carbocycles. The molecule has 7 nitrogen and oxygen atoms in total. The molecule has 152 valence electrons. The predicted octanol–water partition coefficient (Wildman–Crippen LogP) is 2.07. The molecule has 1 unspecified atom stereocenters. The Morgan fingerprint density at radius 3 is 2.52 bits per heavy atom. The highest BCUT2D eigenvalue weighted by Crippen LogP contribution is 2.29. The summed E-state index contributed by atoms with van der Waals surface area (Å²) in [5.74, 6) is -1.51. The van der Waals surface area contributed by atoms with E-state index in [2.05, 4.69) is 15.5 Å². The van der Waals surface area contributed by atoms with Gasteiger partial charge in [0.1, 0.15) is 11.4 Å². The Morgan fingerprint density at radius 1 is 1.14 bits per heavy atom. The summed E-state index contributed by atoms with van der Waals surface area (Å²) in [6.07, 6.45) is -4.41. The number of alkyl halides is 3. The molecular formula is C19H17F3N4O3. The minimum atomic E-state index is -4.65. The van der Waals surface area contributed by atoms with Crippen LogP contribution < -0.4 is 11.1 Å². The number of amides is 2. The normalized spacial score (nSPS) is 18.7. The maximum absolute atomic E-state index is 12.7. The lowest BCUT2D eigenvalue weighted by molar-refractivity contribution is -0.141. The molecule has 0 radical (unpaired) electrons. The van der Waals surface area contributed by atoms with Crippen LogP contribution in [0, 0.1) is 0 Å². The van der Waals surface area contributed by atoms with Crippen LogP contribution in [0.2, 0.25) is 0 Å². The van der Waals surface area contributed by atoms with E-state index in [0.29, 0.717) is 5.71 Å². The Hall–Kier alpha value is -3.43. The summed E-state index contributed by atoms with van der Waals surface area (Å²) >= 11 is 0. The first-order valence-electron chi connectivity index (χ1n) is 8.60. The Balaban J connectivity index is 1.63. The van der Waals surface area contributed by atoms with Crippen molar-refractivity contribution in [1.29, 1.82) is 0 Å². The van der Waals surface area contributed by atoms with Gasteiger partial charge in [-0.2, -0.15) is 13.2 Å². The molecule has 3 N–H and O–H groups in total. The summed E-state index contributed by atoms with van der Waals surface area (Å²) in [4.78, 5) is 32.8. The highest BCUT2D eigenvalue weighted by Gasteiger charge is 2.45. The van der Waals surface area contributed by atoms with Crippen LogP contribution in [0.3, 0.4) is 0 Å². The number of nitrogens with one attached hydrogen (secondary N) is 1. The summed E-state index contributed by atoms with van der Waals surface area (Å²) in [7, 11) is 0. The zero-order valence-electron chi connectivity index (χ0n) is 15.1. The van der Waals surface area contributed by atoms with Crippen LogP contribution in [-0.2, 0) is 22.2 Å². The van der Waals surface area contributed by atoms with Crippen LogP contribution in [0.15, 0.2) is 53.7 Å². The van der Waals surface area contributed by atoms with Crippen molar-refractivity contribution in [2.75, 3.05) is 6.54 Å². The topological polar surface area (TPSA) is 107 Å². The first-order valence-corrected chi connectivity index (χ1v) is 8.60. The first-order chi connectivity index (χ1) is 13.7. The molecule has 0 saturated carbocycles. The summed E-state index contributed by atoms with van der Waals surface area (Å²) in [5.41, 5.74) is 3.73. The van der Waals surface area contributed by atoms with Gasteiger partial charge in [-0.15, -0.1) is 0 Å². The van der Waals surface area contributed by atoms with Crippen molar-refractivity contribution in [3.05, 3.63) is 65.5 Å². The van der Waals surface area contributed by atoms with E-state index >= 15 is 0 Å². The van der Waals surface area contributed by atoms with E-state index in [0.717, 1.165) is 17.7 Å². The number of primary amides is 1. The van der Waals surface area contributed by atoms with Crippen LogP contribution in [0.4, 0.5) is 13.2 Å². The van der Waals surface area contributed by atoms with Gasteiger partial charge in [0.25, 0.3) is 11.8 Å². The Kier molecular flexibility index (Phi) is 5.53. The van der Waals surface area contributed by atoms with Gasteiger partial charge in [-0.25, -0.2) is 4.98 Å². The fourth-order valence-electron chi connectivity index (χ4n) is 2.87. The van der Waals surface area contributed by atoms with E-state index in [1.165, 1.54) is 6.07 Å². The molecule has 2 heterocycles.